The van der Waals surface area contributed by atoms with Gasteiger partial charge in [0.25, 0.3) is 5.22 Å². The van der Waals surface area contributed by atoms with E-state index in [2.05, 4.69) is 4.98 Å². The van der Waals surface area contributed by atoms with Crippen LogP contribution in [-0.2, 0) is 16.0 Å². The van der Waals surface area contributed by atoms with Gasteiger partial charge in [-0.05, 0) is 79.6 Å². The second-order valence-electron chi connectivity index (χ2n) is 9.23. The van der Waals surface area contributed by atoms with Gasteiger partial charge in [-0.1, -0.05) is 42.7 Å². The molecule has 2 heterocycles. The first-order valence-corrected chi connectivity index (χ1v) is 13.2. The monoisotopic (exact) mass is 513 g/mol. The standard InChI is InChI=1S/C27H28ClNO5S/c1-32-22-12-11-17(15-19(22)28)13-14-27(18-7-5-6-8-18)16-21(30)24(25(31)34-27)35-26-29-20-9-3-2-4-10-23(20)33-26/h3-4,9-12,15,18,30H,2,5-8,13-14,16H2,1H3. The smallest absolute Gasteiger partial charge is 0.349 e. The minimum Gasteiger partial charge on any atom is -0.511 e. The number of allylic oxidation sites excluding steroid dienone is 2. The summed E-state index contributed by atoms with van der Waals surface area (Å²) in [7, 11) is 1.59. The number of esters is 1. The number of aliphatic hydroxyl groups is 1. The molecule has 2 aliphatic carbocycles. The number of halogens is 1. The van der Waals surface area contributed by atoms with Crippen molar-refractivity contribution >= 4 is 41.5 Å². The Kier molecular flexibility index (Phi) is 6.98. The molecule has 1 saturated carbocycles. The number of ether oxygens (including phenoxy) is 2. The lowest BCUT2D eigenvalue weighted by Gasteiger charge is -2.41. The number of oxazole rings is 1. The number of carbonyl (C=O) groups excluding carboxylic acids is 1. The van der Waals surface area contributed by atoms with E-state index in [9.17, 15) is 9.90 Å². The Morgan fingerprint density at radius 2 is 2.06 bits per heavy atom. The minimum absolute atomic E-state index is 0.0467. The third-order valence-corrected chi connectivity index (χ3v) is 8.28. The van der Waals surface area contributed by atoms with E-state index in [1.54, 1.807) is 7.11 Å². The van der Waals surface area contributed by atoms with Crippen LogP contribution in [0.15, 0.2) is 50.7 Å². The van der Waals surface area contributed by atoms with Gasteiger partial charge in [-0.25, -0.2) is 9.78 Å². The second kappa shape index (κ2) is 10.2. The Morgan fingerprint density at radius 1 is 1.26 bits per heavy atom. The van der Waals surface area contributed by atoms with Crippen molar-refractivity contribution < 1.29 is 23.8 Å². The van der Waals surface area contributed by atoms with Crippen LogP contribution in [-0.4, -0.2) is 28.8 Å². The predicted octanol–water partition coefficient (Wildman–Crippen LogP) is 7.14. The van der Waals surface area contributed by atoms with Crippen molar-refractivity contribution in [2.75, 3.05) is 7.11 Å². The van der Waals surface area contributed by atoms with Gasteiger partial charge in [0.15, 0.2) is 5.76 Å². The highest BCUT2D eigenvalue weighted by molar-refractivity contribution is 8.03. The van der Waals surface area contributed by atoms with Gasteiger partial charge in [0.05, 0.1) is 12.1 Å². The SMILES string of the molecule is COc1ccc(CCC2(C3CCCC3)CC(O)=C(Sc3nc4c(o3)C=CCC=C4)C(=O)O2)cc1Cl. The van der Waals surface area contributed by atoms with Crippen molar-refractivity contribution in [2.45, 2.75) is 62.2 Å². The molecular formula is C27H28ClNO5S. The molecular weight excluding hydrogens is 486 g/mol. The molecule has 0 bridgehead atoms. The van der Waals surface area contributed by atoms with E-state index in [1.807, 2.05) is 42.5 Å². The summed E-state index contributed by atoms with van der Waals surface area (Å²) < 4.78 is 17.3. The molecule has 8 heteroatoms. The highest BCUT2D eigenvalue weighted by Gasteiger charge is 2.48. The summed E-state index contributed by atoms with van der Waals surface area (Å²) >= 11 is 7.34. The van der Waals surface area contributed by atoms with Crippen LogP contribution in [0, 0.1) is 5.92 Å². The number of thioether (sulfide) groups is 1. The molecule has 1 unspecified atom stereocenters. The van der Waals surface area contributed by atoms with Gasteiger partial charge >= 0.3 is 5.97 Å². The molecule has 0 spiro atoms. The van der Waals surface area contributed by atoms with Crippen LogP contribution in [0.5, 0.6) is 5.75 Å². The number of nitrogens with zero attached hydrogens (tertiary/aromatic N) is 1. The van der Waals surface area contributed by atoms with Crippen molar-refractivity contribution in [1.82, 2.24) is 4.98 Å². The fraction of sp³-hybridized carbons (Fsp3) is 0.407. The van der Waals surface area contributed by atoms with Gasteiger partial charge < -0.3 is 19.0 Å². The molecule has 1 aromatic carbocycles. The largest absolute Gasteiger partial charge is 0.511 e. The number of aliphatic hydroxyl groups excluding tert-OH is 1. The molecule has 0 saturated heterocycles. The fourth-order valence-corrected chi connectivity index (χ4v) is 6.26. The number of methoxy groups -OCH3 is 1. The molecule has 0 radical (unpaired) electrons. The van der Waals surface area contributed by atoms with Crippen LogP contribution in [0.4, 0.5) is 0 Å². The zero-order chi connectivity index (χ0) is 24.4. The van der Waals surface area contributed by atoms with E-state index in [-0.39, 0.29) is 23.0 Å². The zero-order valence-electron chi connectivity index (χ0n) is 19.6. The molecule has 1 N–H and O–H groups in total. The van der Waals surface area contributed by atoms with Crippen molar-refractivity contribution in [3.63, 3.8) is 0 Å². The lowest BCUT2D eigenvalue weighted by Crippen LogP contribution is -2.45. The molecule has 1 aliphatic heterocycles. The number of carbonyl (C=O) groups is 1. The fourth-order valence-electron chi connectivity index (χ4n) is 5.22. The first-order chi connectivity index (χ1) is 17.0. The quantitative estimate of drug-likeness (QED) is 0.394. The van der Waals surface area contributed by atoms with Crippen molar-refractivity contribution in [1.29, 1.82) is 0 Å². The summed E-state index contributed by atoms with van der Waals surface area (Å²) in [5, 5.41) is 11.9. The number of rotatable bonds is 7. The number of aryl methyl sites for hydroxylation is 1. The number of benzene rings is 1. The highest BCUT2D eigenvalue weighted by Crippen LogP contribution is 2.48. The number of hydrogen-bond donors (Lipinski definition) is 1. The Bertz CT molecular complexity index is 1180. The third-order valence-electron chi connectivity index (χ3n) is 7.03. The van der Waals surface area contributed by atoms with Crippen LogP contribution in [0.2, 0.25) is 5.02 Å². The second-order valence-corrected chi connectivity index (χ2v) is 10.6. The van der Waals surface area contributed by atoms with Gasteiger partial charge in [-0.3, -0.25) is 0 Å². The molecule has 184 valence electrons. The van der Waals surface area contributed by atoms with Gasteiger partial charge in [0.1, 0.15) is 27.7 Å². The molecule has 0 amide bonds. The summed E-state index contributed by atoms with van der Waals surface area (Å²) in [6, 6.07) is 5.71. The molecule has 5 rings (SSSR count). The molecule has 35 heavy (non-hydrogen) atoms. The molecule has 3 aliphatic rings. The third kappa shape index (κ3) is 5.02. The maximum absolute atomic E-state index is 13.2. The lowest BCUT2D eigenvalue weighted by molar-refractivity contribution is -0.166. The number of aromatic nitrogens is 1. The highest BCUT2D eigenvalue weighted by atomic mass is 35.5. The summed E-state index contributed by atoms with van der Waals surface area (Å²) in [5.74, 6) is 1.01. The molecule has 1 atom stereocenters. The van der Waals surface area contributed by atoms with Crippen LogP contribution in [0.25, 0.3) is 12.2 Å². The average molecular weight is 514 g/mol. The van der Waals surface area contributed by atoms with E-state index < -0.39 is 11.6 Å². The van der Waals surface area contributed by atoms with Crippen molar-refractivity contribution in [3.05, 3.63) is 63.1 Å². The number of fused-ring (bicyclic) bond motifs is 1. The Hall–Kier alpha value is -2.64. The number of cyclic esters (lactones) is 1. The average Bonchev–Trinajstić information content (AvgIpc) is 3.47. The first kappa shape index (κ1) is 24.1. The van der Waals surface area contributed by atoms with Gasteiger partial charge in [0.2, 0.25) is 0 Å². The molecule has 1 aromatic heterocycles. The van der Waals surface area contributed by atoms with Crippen molar-refractivity contribution in [2.24, 2.45) is 5.92 Å². The van der Waals surface area contributed by atoms with Gasteiger partial charge in [0, 0.05) is 6.42 Å². The van der Waals surface area contributed by atoms with Gasteiger partial charge in [-0.2, -0.15) is 0 Å². The normalized spacial score (nSPS) is 22.3. The summed E-state index contributed by atoms with van der Waals surface area (Å²) in [6.07, 6.45) is 14.3. The van der Waals surface area contributed by atoms with E-state index in [0.717, 1.165) is 49.4 Å². The molecule has 6 nitrogen and oxygen atoms in total. The summed E-state index contributed by atoms with van der Waals surface area (Å²) in [6.45, 7) is 0. The van der Waals surface area contributed by atoms with Crippen LogP contribution in [0.1, 0.15) is 62.0 Å². The van der Waals surface area contributed by atoms with E-state index in [1.165, 1.54) is 0 Å². The van der Waals surface area contributed by atoms with Gasteiger partial charge in [-0.15, -0.1) is 0 Å². The van der Waals surface area contributed by atoms with Crippen molar-refractivity contribution in [3.8, 4) is 5.75 Å². The first-order valence-electron chi connectivity index (χ1n) is 12.0. The zero-order valence-corrected chi connectivity index (χ0v) is 21.2. The summed E-state index contributed by atoms with van der Waals surface area (Å²) in [4.78, 5) is 17.8. The Morgan fingerprint density at radius 3 is 2.80 bits per heavy atom. The van der Waals surface area contributed by atoms with Crippen LogP contribution < -0.4 is 4.74 Å². The Labute approximate surface area is 214 Å². The minimum atomic E-state index is -0.743. The van der Waals surface area contributed by atoms with E-state index in [0.29, 0.717) is 40.3 Å². The van der Waals surface area contributed by atoms with E-state index >= 15 is 0 Å². The molecule has 1 fully saturated rings. The number of hydrogen-bond acceptors (Lipinski definition) is 7. The maximum atomic E-state index is 13.2. The Balaban J connectivity index is 1.37. The van der Waals surface area contributed by atoms with E-state index in [4.69, 9.17) is 25.5 Å². The van der Waals surface area contributed by atoms with Crippen LogP contribution in [0.3, 0.4) is 0 Å². The maximum Gasteiger partial charge on any atom is 0.349 e. The molecule has 2 aromatic rings. The topological polar surface area (TPSA) is 81.8 Å². The van der Waals surface area contributed by atoms with Crippen LogP contribution >= 0.6 is 23.4 Å². The predicted molar refractivity (Wildman–Crippen MR) is 136 cm³/mol. The summed E-state index contributed by atoms with van der Waals surface area (Å²) in [5.41, 5.74) is 1.01. The lowest BCUT2D eigenvalue weighted by atomic mass is 9.77.